The molecule has 1 aromatic carbocycles. The quantitative estimate of drug-likeness (QED) is 0.885. The van der Waals surface area contributed by atoms with E-state index in [-0.39, 0.29) is 4.90 Å². The standard InChI is InChI=1S/C13H16BrN3O2S/c1-7-5-11(6-8(2)12(7)14)17-20(18,19)13-9(3)15-16-10(13)4/h5-6,17H,1-4H3,(H,15,16). The summed E-state index contributed by atoms with van der Waals surface area (Å²) < 4.78 is 28.4. The van der Waals surface area contributed by atoms with Crippen LogP contribution >= 0.6 is 15.9 Å². The molecule has 20 heavy (non-hydrogen) atoms. The number of anilines is 1. The highest BCUT2D eigenvalue weighted by molar-refractivity contribution is 9.10. The van der Waals surface area contributed by atoms with Gasteiger partial charge >= 0.3 is 0 Å². The third-order valence-electron chi connectivity index (χ3n) is 3.02. The van der Waals surface area contributed by atoms with Gasteiger partial charge in [-0.05, 0) is 51.0 Å². The van der Waals surface area contributed by atoms with E-state index in [9.17, 15) is 8.42 Å². The van der Waals surface area contributed by atoms with Gasteiger partial charge in [-0.2, -0.15) is 5.10 Å². The van der Waals surface area contributed by atoms with E-state index < -0.39 is 10.0 Å². The molecular formula is C13H16BrN3O2S. The second-order valence-corrected chi connectivity index (χ2v) is 7.20. The first-order valence-corrected chi connectivity index (χ1v) is 8.31. The number of halogens is 1. The molecule has 1 aromatic heterocycles. The van der Waals surface area contributed by atoms with E-state index >= 15 is 0 Å². The van der Waals surface area contributed by atoms with Crippen LogP contribution in [0.3, 0.4) is 0 Å². The van der Waals surface area contributed by atoms with Crippen LogP contribution in [0.1, 0.15) is 22.5 Å². The van der Waals surface area contributed by atoms with Gasteiger partial charge in [0.2, 0.25) is 0 Å². The van der Waals surface area contributed by atoms with E-state index in [0.29, 0.717) is 17.1 Å². The molecule has 1 heterocycles. The Bertz CT molecular complexity index is 723. The van der Waals surface area contributed by atoms with Crippen molar-refractivity contribution in [2.45, 2.75) is 32.6 Å². The number of rotatable bonds is 3. The zero-order valence-electron chi connectivity index (χ0n) is 11.7. The van der Waals surface area contributed by atoms with Crippen LogP contribution in [0.25, 0.3) is 0 Å². The number of H-pyrrole nitrogens is 1. The zero-order valence-corrected chi connectivity index (χ0v) is 14.1. The predicted molar refractivity (Wildman–Crippen MR) is 82.5 cm³/mol. The van der Waals surface area contributed by atoms with Gasteiger partial charge in [0.15, 0.2) is 0 Å². The molecule has 0 bridgehead atoms. The van der Waals surface area contributed by atoms with E-state index in [0.717, 1.165) is 15.6 Å². The Hall–Kier alpha value is -1.34. The first-order chi connectivity index (χ1) is 9.22. The van der Waals surface area contributed by atoms with Crippen molar-refractivity contribution in [3.8, 4) is 0 Å². The molecule has 2 aromatic rings. The van der Waals surface area contributed by atoms with Gasteiger partial charge < -0.3 is 0 Å². The van der Waals surface area contributed by atoms with Crippen LogP contribution in [0.5, 0.6) is 0 Å². The molecule has 0 atom stereocenters. The fourth-order valence-corrected chi connectivity index (χ4v) is 3.79. The van der Waals surface area contributed by atoms with Crippen molar-refractivity contribution in [1.82, 2.24) is 10.2 Å². The molecule has 0 spiro atoms. The minimum atomic E-state index is -3.64. The van der Waals surface area contributed by atoms with Gasteiger partial charge in [-0.25, -0.2) is 8.42 Å². The van der Waals surface area contributed by atoms with Crippen molar-refractivity contribution < 1.29 is 8.42 Å². The summed E-state index contributed by atoms with van der Waals surface area (Å²) in [4.78, 5) is 0.204. The molecule has 0 aliphatic rings. The van der Waals surface area contributed by atoms with E-state index in [2.05, 4.69) is 30.8 Å². The summed E-state index contributed by atoms with van der Waals surface area (Å²) in [6.45, 7) is 7.19. The fraction of sp³-hybridized carbons (Fsp3) is 0.308. The molecule has 108 valence electrons. The minimum absolute atomic E-state index is 0.204. The SMILES string of the molecule is Cc1cc(NS(=O)(=O)c2c(C)n[nH]c2C)cc(C)c1Br. The largest absolute Gasteiger partial charge is 0.281 e. The van der Waals surface area contributed by atoms with E-state index in [1.165, 1.54) is 0 Å². The maximum absolute atomic E-state index is 12.4. The van der Waals surface area contributed by atoms with Crippen LogP contribution in [-0.4, -0.2) is 18.6 Å². The average molecular weight is 358 g/mol. The van der Waals surface area contributed by atoms with Crippen LogP contribution in [0.4, 0.5) is 5.69 Å². The molecule has 0 aliphatic heterocycles. The summed E-state index contributed by atoms with van der Waals surface area (Å²) in [5, 5.41) is 6.61. The van der Waals surface area contributed by atoms with Crippen molar-refractivity contribution in [3.05, 3.63) is 39.1 Å². The number of sulfonamides is 1. The Morgan fingerprint density at radius 2 is 1.70 bits per heavy atom. The number of aromatic amines is 1. The van der Waals surface area contributed by atoms with E-state index in [1.807, 2.05) is 13.8 Å². The first-order valence-electron chi connectivity index (χ1n) is 6.03. The monoisotopic (exact) mass is 357 g/mol. The molecule has 0 fully saturated rings. The summed E-state index contributed by atoms with van der Waals surface area (Å²) in [6.07, 6.45) is 0. The smallest absolute Gasteiger partial charge is 0.265 e. The zero-order chi connectivity index (χ0) is 15.1. The molecule has 0 saturated carbocycles. The van der Waals surface area contributed by atoms with Gasteiger partial charge in [-0.15, -0.1) is 0 Å². The molecule has 5 nitrogen and oxygen atoms in total. The van der Waals surface area contributed by atoms with Crippen LogP contribution < -0.4 is 4.72 Å². The summed E-state index contributed by atoms with van der Waals surface area (Å²) >= 11 is 3.46. The summed E-state index contributed by atoms with van der Waals surface area (Å²) in [7, 11) is -3.64. The molecule has 0 radical (unpaired) electrons. The molecular weight excluding hydrogens is 342 g/mol. The van der Waals surface area contributed by atoms with Gasteiger partial charge in [-0.3, -0.25) is 9.82 Å². The van der Waals surface area contributed by atoms with Gasteiger partial charge in [0.25, 0.3) is 10.0 Å². The van der Waals surface area contributed by atoms with Gasteiger partial charge in [0.1, 0.15) is 4.90 Å². The van der Waals surface area contributed by atoms with Crippen molar-refractivity contribution in [2.24, 2.45) is 0 Å². The number of nitrogens with one attached hydrogen (secondary N) is 2. The lowest BCUT2D eigenvalue weighted by Crippen LogP contribution is -2.14. The van der Waals surface area contributed by atoms with Crippen molar-refractivity contribution in [2.75, 3.05) is 4.72 Å². The number of hydrogen-bond donors (Lipinski definition) is 2. The number of nitrogens with zero attached hydrogens (tertiary/aromatic N) is 1. The second kappa shape index (κ2) is 5.21. The molecule has 2 N–H and O–H groups in total. The topological polar surface area (TPSA) is 74.8 Å². The van der Waals surface area contributed by atoms with Gasteiger partial charge in [0.05, 0.1) is 11.4 Å². The fourth-order valence-electron chi connectivity index (χ4n) is 2.15. The molecule has 2 rings (SSSR count). The molecule has 0 amide bonds. The highest BCUT2D eigenvalue weighted by Gasteiger charge is 2.22. The Morgan fingerprint density at radius 3 is 2.15 bits per heavy atom. The summed E-state index contributed by atoms with van der Waals surface area (Å²) in [5.41, 5.74) is 3.48. The highest BCUT2D eigenvalue weighted by atomic mass is 79.9. The van der Waals surface area contributed by atoms with Gasteiger partial charge in [-0.1, -0.05) is 15.9 Å². The number of aryl methyl sites for hydroxylation is 4. The Kier molecular flexibility index (Phi) is 3.93. The Morgan fingerprint density at radius 1 is 1.15 bits per heavy atom. The third-order valence-corrected chi connectivity index (χ3v) is 5.91. The normalized spacial score (nSPS) is 11.7. The average Bonchev–Trinajstić information content (AvgIpc) is 2.66. The maximum Gasteiger partial charge on any atom is 0.265 e. The molecule has 0 aliphatic carbocycles. The third kappa shape index (κ3) is 2.73. The van der Waals surface area contributed by atoms with Crippen molar-refractivity contribution in [1.29, 1.82) is 0 Å². The lowest BCUT2D eigenvalue weighted by Gasteiger charge is -2.11. The molecule has 0 saturated heterocycles. The number of hydrogen-bond acceptors (Lipinski definition) is 3. The van der Waals surface area contributed by atoms with Crippen LogP contribution in [0.2, 0.25) is 0 Å². The lowest BCUT2D eigenvalue weighted by atomic mass is 10.1. The van der Waals surface area contributed by atoms with Crippen LogP contribution in [0, 0.1) is 27.7 Å². The van der Waals surface area contributed by atoms with Crippen molar-refractivity contribution >= 4 is 31.6 Å². The second-order valence-electron chi connectivity index (χ2n) is 4.79. The highest BCUT2D eigenvalue weighted by Crippen LogP contribution is 2.27. The van der Waals surface area contributed by atoms with E-state index in [4.69, 9.17) is 0 Å². The van der Waals surface area contributed by atoms with Gasteiger partial charge in [0, 0.05) is 10.2 Å². The van der Waals surface area contributed by atoms with Crippen LogP contribution in [-0.2, 0) is 10.0 Å². The Labute approximate surface area is 127 Å². The Balaban J connectivity index is 2.44. The van der Waals surface area contributed by atoms with E-state index in [1.54, 1.807) is 26.0 Å². The number of aromatic nitrogens is 2. The maximum atomic E-state index is 12.4. The summed E-state index contributed by atoms with van der Waals surface area (Å²) in [6, 6.07) is 3.58. The van der Waals surface area contributed by atoms with Crippen LogP contribution in [0.15, 0.2) is 21.5 Å². The predicted octanol–water partition coefficient (Wildman–Crippen LogP) is 3.21. The molecule has 0 unspecified atom stereocenters. The first kappa shape index (κ1) is 15.1. The van der Waals surface area contributed by atoms with Crippen molar-refractivity contribution in [3.63, 3.8) is 0 Å². The lowest BCUT2D eigenvalue weighted by molar-refractivity contribution is 0.600. The molecule has 7 heteroatoms. The number of benzene rings is 1. The summed E-state index contributed by atoms with van der Waals surface area (Å²) in [5.74, 6) is 0. The minimum Gasteiger partial charge on any atom is -0.281 e.